The predicted octanol–water partition coefficient (Wildman–Crippen LogP) is 1.63. The molecule has 0 saturated heterocycles. The number of ketones is 1. The van der Waals surface area contributed by atoms with Crippen LogP contribution in [0.25, 0.3) is 0 Å². The first-order chi connectivity index (χ1) is 9.00. The Morgan fingerprint density at radius 2 is 2.00 bits per heavy atom. The van der Waals surface area contributed by atoms with Crippen LogP contribution in [0, 0.1) is 10.1 Å². The highest BCUT2D eigenvalue weighted by Gasteiger charge is 2.22. The Hall–Kier alpha value is -2.96. The predicted molar refractivity (Wildman–Crippen MR) is 64.1 cm³/mol. The van der Waals surface area contributed by atoms with E-state index in [1.807, 2.05) is 0 Å². The number of aromatic nitrogens is 1. The largest absolute Gasteiger partial charge is 0.504 e. The molecule has 0 spiro atoms. The number of carbonyl (C=O) groups excluding carboxylic acids is 1. The number of hydrogen-bond donors (Lipinski definition) is 2. The SMILES string of the molecule is O=C(c1cccnc1)c1cc(O)c(O)c([N+](=O)[O-])c1. The van der Waals surface area contributed by atoms with Crippen molar-refractivity contribution < 1.29 is 19.9 Å². The molecule has 1 heterocycles. The Bertz CT molecular complexity index is 655. The monoisotopic (exact) mass is 260 g/mol. The van der Waals surface area contributed by atoms with Crippen LogP contribution in [-0.4, -0.2) is 25.9 Å². The van der Waals surface area contributed by atoms with Gasteiger partial charge in [-0.25, -0.2) is 0 Å². The van der Waals surface area contributed by atoms with Crippen molar-refractivity contribution in [1.29, 1.82) is 0 Å². The molecule has 0 saturated carbocycles. The number of pyridine rings is 1. The lowest BCUT2D eigenvalue weighted by Gasteiger charge is -2.04. The van der Waals surface area contributed by atoms with Crippen LogP contribution in [0.1, 0.15) is 15.9 Å². The Kier molecular flexibility index (Phi) is 3.11. The molecule has 96 valence electrons. The number of hydrogen-bond acceptors (Lipinski definition) is 6. The van der Waals surface area contributed by atoms with Crippen LogP contribution < -0.4 is 0 Å². The second-order valence-corrected chi connectivity index (χ2v) is 3.69. The van der Waals surface area contributed by atoms with E-state index in [4.69, 9.17) is 0 Å². The third kappa shape index (κ3) is 2.34. The molecule has 0 aliphatic rings. The molecule has 0 atom stereocenters. The van der Waals surface area contributed by atoms with Gasteiger partial charge in [0.05, 0.1) is 4.92 Å². The zero-order valence-corrected chi connectivity index (χ0v) is 9.48. The standard InChI is InChI=1S/C12H8N2O5/c15-10-5-8(4-9(12(10)17)14(18)19)11(16)7-2-1-3-13-6-7/h1-6,15,17H. The van der Waals surface area contributed by atoms with Crippen LogP contribution in [-0.2, 0) is 0 Å². The fourth-order valence-corrected chi connectivity index (χ4v) is 1.54. The average molecular weight is 260 g/mol. The summed E-state index contributed by atoms with van der Waals surface area (Å²) >= 11 is 0. The topological polar surface area (TPSA) is 114 Å². The summed E-state index contributed by atoms with van der Waals surface area (Å²) in [5.41, 5.74) is -0.607. The number of phenolic OH excluding ortho intramolecular Hbond substituents is 2. The van der Waals surface area contributed by atoms with Crippen LogP contribution in [0.4, 0.5) is 5.69 Å². The maximum absolute atomic E-state index is 12.0. The van der Waals surface area contributed by atoms with Crippen LogP contribution in [0.3, 0.4) is 0 Å². The molecule has 0 aliphatic carbocycles. The molecule has 1 aromatic carbocycles. The highest BCUT2D eigenvalue weighted by molar-refractivity contribution is 6.09. The molecule has 19 heavy (non-hydrogen) atoms. The molecule has 0 fully saturated rings. The average Bonchev–Trinajstić information content (AvgIpc) is 2.41. The van der Waals surface area contributed by atoms with Gasteiger partial charge in [-0.3, -0.25) is 19.9 Å². The van der Waals surface area contributed by atoms with E-state index in [1.165, 1.54) is 18.5 Å². The zero-order chi connectivity index (χ0) is 14.0. The van der Waals surface area contributed by atoms with Gasteiger partial charge in [0.1, 0.15) is 0 Å². The van der Waals surface area contributed by atoms with Crippen molar-refractivity contribution >= 4 is 11.5 Å². The van der Waals surface area contributed by atoms with Gasteiger partial charge in [0.2, 0.25) is 5.75 Å². The third-order valence-electron chi connectivity index (χ3n) is 2.45. The number of phenols is 2. The van der Waals surface area contributed by atoms with Crippen molar-refractivity contribution in [2.75, 3.05) is 0 Å². The number of rotatable bonds is 3. The van der Waals surface area contributed by atoms with Crippen molar-refractivity contribution in [1.82, 2.24) is 4.98 Å². The summed E-state index contributed by atoms with van der Waals surface area (Å²) in [6, 6.07) is 4.91. The van der Waals surface area contributed by atoms with Gasteiger partial charge in [0.25, 0.3) is 0 Å². The lowest BCUT2D eigenvalue weighted by molar-refractivity contribution is -0.386. The van der Waals surface area contributed by atoms with Crippen LogP contribution in [0.5, 0.6) is 11.5 Å². The molecular weight excluding hydrogens is 252 g/mol. The fraction of sp³-hybridized carbons (Fsp3) is 0. The summed E-state index contributed by atoms with van der Waals surface area (Å²) in [6.45, 7) is 0. The minimum Gasteiger partial charge on any atom is -0.504 e. The Balaban J connectivity index is 2.52. The Morgan fingerprint density at radius 1 is 1.26 bits per heavy atom. The quantitative estimate of drug-likeness (QED) is 0.375. The first kappa shape index (κ1) is 12.5. The molecule has 0 amide bonds. The first-order valence-electron chi connectivity index (χ1n) is 5.16. The molecular formula is C12H8N2O5. The number of nitro benzene ring substituents is 1. The minimum absolute atomic E-state index is 0.102. The molecule has 2 rings (SSSR count). The third-order valence-corrected chi connectivity index (χ3v) is 2.45. The number of carbonyl (C=O) groups is 1. The van der Waals surface area contributed by atoms with Crippen LogP contribution >= 0.6 is 0 Å². The van der Waals surface area contributed by atoms with Gasteiger partial charge in [0, 0.05) is 29.6 Å². The van der Waals surface area contributed by atoms with Gasteiger partial charge in [-0.1, -0.05) is 0 Å². The van der Waals surface area contributed by atoms with Gasteiger partial charge in [0.15, 0.2) is 11.5 Å². The first-order valence-corrected chi connectivity index (χ1v) is 5.16. The molecule has 0 bridgehead atoms. The van der Waals surface area contributed by atoms with Gasteiger partial charge in [-0.15, -0.1) is 0 Å². The smallest absolute Gasteiger partial charge is 0.315 e. The summed E-state index contributed by atoms with van der Waals surface area (Å²) in [5, 5.41) is 29.4. The molecule has 0 unspecified atom stereocenters. The van der Waals surface area contributed by atoms with E-state index in [-0.39, 0.29) is 11.1 Å². The number of aromatic hydroxyl groups is 2. The Morgan fingerprint density at radius 3 is 2.58 bits per heavy atom. The second-order valence-electron chi connectivity index (χ2n) is 3.69. The summed E-state index contributed by atoms with van der Waals surface area (Å²) in [7, 11) is 0. The van der Waals surface area contributed by atoms with Crippen molar-refractivity contribution in [2.24, 2.45) is 0 Å². The lowest BCUT2D eigenvalue weighted by atomic mass is 10.0. The van der Waals surface area contributed by atoms with Crippen LogP contribution in [0.2, 0.25) is 0 Å². The van der Waals surface area contributed by atoms with E-state index in [0.29, 0.717) is 0 Å². The van der Waals surface area contributed by atoms with E-state index in [9.17, 15) is 25.1 Å². The van der Waals surface area contributed by atoms with Gasteiger partial charge < -0.3 is 10.2 Å². The fourth-order valence-electron chi connectivity index (χ4n) is 1.54. The molecule has 2 aromatic rings. The molecule has 0 aliphatic heterocycles. The second kappa shape index (κ2) is 4.73. The van der Waals surface area contributed by atoms with E-state index >= 15 is 0 Å². The zero-order valence-electron chi connectivity index (χ0n) is 9.48. The summed E-state index contributed by atoms with van der Waals surface area (Å²) in [5.74, 6) is -2.12. The van der Waals surface area contributed by atoms with Crippen LogP contribution in [0.15, 0.2) is 36.7 Å². The minimum atomic E-state index is -0.880. The molecule has 7 heteroatoms. The van der Waals surface area contributed by atoms with Gasteiger partial charge in [-0.2, -0.15) is 0 Å². The van der Waals surface area contributed by atoms with E-state index in [0.717, 1.165) is 12.1 Å². The summed E-state index contributed by atoms with van der Waals surface area (Å²) in [6.07, 6.45) is 2.78. The lowest BCUT2D eigenvalue weighted by Crippen LogP contribution is -2.02. The van der Waals surface area contributed by atoms with Crippen molar-refractivity contribution in [2.45, 2.75) is 0 Å². The molecule has 7 nitrogen and oxygen atoms in total. The summed E-state index contributed by atoms with van der Waals surface area (Å²) in [4.78, 5) is 25.6. The summed E-state index contributed by atoms with van der Waals surface area (Å²) < 4.78 is 0. The van der Waals surface area contributed by atoms with Crippen molar-refractivity contribution in [3.8, 4) is 11.5 Å². The maximum atomic E-state index is 12.0. The Labute approximate surface area is 106 Å². The van der Waals surface area contributed by atoms with Crippen molar-refractivity contribution in [3.63, 3.8) is 0 Å². The number of nitro groups is 1. The number of nitrogens with zero attached hydrogens (tertiary/aromatic N) is 2. The highest BCUT2D eigenvalue weighted by Crippen LogP contribution is 2.36. The van der Waals surface area contributed by atoms with Crippen molar-refractivity contribution in [3.05, 3.63) is 57.9 Å². The molecule has 2 N–H and O–H groups in total. The molecule has 0 radical (unpaired) electrons. The number of benzene rings is 1. The molecule has 1 aromatic heterocycles. The van der Waals surface area contributed by atoms with Gasteiger partial charge >= 0.3 is 5.69 Å². The maximum Gasteiger partial charge on any atom is 0.315 e. The van der Waals surface area contributed by atoms with E-state index in [2.05, 4.69) is 4.98 Å². The van der Waals surface area contributed by atoms with E-state index in [1.54, 1.807) is 6.07 Å². The highest BCUT2D eigenvalue weighted by atomic mass is 16.6. The van der Waals surface area contributed by atoms with E-state index < -0.39 is 27.9 Å². The van der Waals surface area contributed by atoms with Gasteiger partial charge in [-0.05, 0) is 18.2 Å². The normalized spacial score (nSPS) is 10.1.